The summed E-state index contributed by atoms with van der Waals surface area (Å²) in [4.78, 5) is 2.24. The molecule has 0 saturated heterocycles. The third-order valence-electron chi connectivity index (χ3n) is 7.07. The summed E-state index contributed by atoms with van der Waals surface area (Å²) >= 11 is 0. The number of benzene rings is 2. The summed E-state index contributed by atoms with van der Waals surface area (Å²) in [5, 5.41) is 19.1. The van der Waals surface area contributed by atoms with Crippen LogP contribution >= 0.6 is 0 Å². The molecule has 2 aromatic carbocycles. The predicted octanol–water partition coefficient (Wildman–Crippen LogP) is 4.02. The summed E-state index contributed by atoms with van der Waals surface area (Å²) in [5.41, 5.74) is 5.23. The van der Waals surface area contributed by atoms with Gasteiger partial charge in [0.05, 0.1) is 29.3 Å². The van der Waals surface area contributed by atoms with E-state index in [0.29, 0.717) is 11.1 Å². The summed E-state index contributed by atoms with van der Waals surface area (Å²) in [6.45, 7) is 0.181. The van der Waals surface area contributed by atoms with Crippen LogP contribution in [0, 0.1) is 22.7 Å². The van der Waals surface area contributed by atoms with Gasteiger partial charge in [0.1, 0.15) is 23.4 Å². The number of nitriles is 2. The van der Waals surface area contributed by atoms with Crippen molar-refractivity contribution in [3.05, 3.63) is 94.9 Å². The first-order valence-electron chi connectivity index (χ1n) is 10.8. The number of hydrogen-bond acceptors (Lipinski definition) is 5. The molecule has 2 aliphatic carbocycles. The van der Waals surface area contributed by atoms with Gasteiger partial charge < -0.3 is 14.4 Å². The van der Waals surface area contributed by atoms with Crippen molar-refractivity contribution in [2.45, 2.75) is 24.4 Å². The van der Waals surface area contributed by atoms with E-state index in [9.17, 15) is 10.5 Å². The Kier molecular flexibility index (Phi) is 3.39. The second-order valence-corrected chi connectivity index (χ2v) is 8.67. The molecule has 0 aromatic heterocycles. The fraction of sp³-hybridized carbons (Fsp3) is 0.154. The van der Waals surface area contributed by atoms with E-state index in [1.54, 1.807) is 6.07 Å². The molecule has 0 radical (unpaired) electrons. The van der Waals surface area contributed by atoms with Crippen molar-refractivity contribution in [3.63, 3.8) is 0 Å². The Morgan fingerprint density at radius 1 is 1.09 bits per heavy atom. The van der Waals surface area contributed by atoms with Crippen molar-refractivity contribution < 1.29 is 9.47 Å². The fourth-order valence-corrected chi connectivity index (χ4v) is 5.93. The first kappa shape index (κ1) is 17.5. The lowest BCUT2D eigenvalue weighted by Crippen LogP contribution is -2.61. The van der Waals surface area contributed by atoms with Gasteiger partial charge in [-0.1, -0.05) is 24.3 Å². The maximum atomic E-state index is 9.57. The number of allylic oxidation sites excluding steroid dienone is 3. The van der Waals surface area contributed by atoms with Crippen molar-refractivity contribution in [2.75, 3.05) is 4.90 Å². The second kappa shape index (κ2) is 6.18. The maximum Gasteiger partial charge on any atom is 0.235 e. The molecule has 150 valence electrons. The average molecular weight is 413 g/mol. The lowest BCUT2D eigenvalue weighted by Gasteiger charge is -2.52. The van der Waals surface area contributed by atoms with Crippen LogP contribution in [-0.2, 0) is 4.74 Å². The number of rotatable bonds is 1. The zero-order valence-corrected chi connectivity index (χ0v) is 17.0. The first-order chi connectivity index (χ1) is 15.8. The highest BCUT2D eigenvalue weighted by Gasteiger charge is 2.56. The SMILES string of the molecule is N#Cc1cc(C#N)cc(N2c3cccc4c3B3C5=C(C=CCC5O4)OC4=CC=CC2C34)c1. The lowest BCUT2D eigenvalue weighted by atomic mass is 9.27. The highest BCUT2D eigenvalue weighted by Crippen LogP contribution is 2.53. The Bertz CT molecular complexity index is 1390. The van der Waals surface area contributed by atoms with E-state index in [0.717, 1.165) is 40.5 Å². The lowest BCUT2D eigenvalue weighted by molar-refractivity contribution is 0.214. The van der Waals surface area contributed by atoms with Crippen LogP contribution in [0.5, 0.6) is 5.75 Å². The van der Waals surface area contributed by atoms with E-state index < -0.39 is 0 Å². The van der Waals surface area contributed by atoms with Gasteiger partial charge in [-0.2, -0.15) is 10.5 Å². The quantitative estimate of drug-likeness (QED) is 0.661. The molecule has 32 heavy (non-hydrogen) atoms. The van der Waals surface area contributed by atoms with Crippen LogP contribution in [-0.4, -0.2) is 18.9 Å². The predicted molar refractivity (Wildman–Crippen MR) is 121 cm³/mol. The van der Waals surface area contributed by atoms with Gasteiger partial charge in [-0.25, -0.2) is 0 Å². The maximum absolute atomic E-state index is 9.57. The highest BCUT2D eigenvalue weighted by atomic mass is 16.5. The number of ether oxygens (including phenoxy) is 2. The average Bonchev–Trinajstić information content (AvgIpc) is 2.84. The van der Waals surface area contributed by atoms with Crippen molar-refractivity contribution in [2.24, 2.45) is 0 Å². The standard InChI is InChI=1S/C26H16BN3O2/c28-13-15-10-16(14-29)12-17(11-15)30-18-4-1-6-20-24(18)27-25-19(30)5-2-7-21(25)32-23-9-3-8-22(31-20)26(23)27/h1-8,10-12,18,23-24H,9H2. The molecule has 0 bridgehead atoms. The molecule has 3 heterocycles. The molecule has 6 heteroatoms. The largest absolute Gasteiger partial charge is 0.487 e. The van der Waals surface area contributed by atoms with E-state index in [2.05, 4.69) is 53.5 Å². The fourth-order valence-electron chi connectivity index (χ4n) is 5.93. The van der Waals surface area contributed by atoms with Gasteiger partial charge in [0, 0.05) is 23.6 Å². The second-order valence-electron chi connectivity index (χ2n) is 8.67. The van der Waals surface area contributed by atoms with Gasteiger partial charge in [0.25, 0.3) is 0 Å². The van der Waals surface area contributed by atoms with Gasteiger partial charge >= 0.3 is 0 Å². The van der Waals surface area contributed by atoms with Crippen molar-refractivity contribution >= 4 is 23.6 Å². The molecule has 0 N–H and O–H groups in total. The van der Waals surface area contributed by atoms with Crippen molar-refractivity contribution in [1.29, 1.82) is 10.5 Å². The molecule has 5 aliphatic rings. The third kappa shape index (κ3) is 2.16. The van der Waals surface area contributed by atoms with E-state index in [1.807, 2.05) is 24.3 Å². The van der Waals surface area contributed by atoms with E-state index in [1.165, 1.54) is 5.47 Å². The van der Waals surface area contributed by atoms with Gasteiger partial charge in [0.2, 0.25) is 6.71 Å². The molecule has 0 spiro atoms. The molecule has 0 saturated carbocycles. The minimum atomic E-state index is -0.00508. The summed E-state index contributed by atoms with van der Waals surface area (Å²) in [6, 6.07) is 15.9. The zero-order valence-electron chi connectivity index (χ0n) is 17.0. The highest BCUT2D eigenvalue weighted by molar-refractivity contribution is 6.85. The normalized spacial score (nSPS) is 25.2. The Labute approximate surface area is 185 Å². The number of anilines is 2. The Balaban J connectivity index is 1.53. The molecule has 5 nitrogen and oxygen atoms in total. The van der Waals surface area contributed by atoms with Crippen LogP contribution in [0.15, 0.2) is 83.8 Å². The molecular weight excluding hydrogens is 397 g/mol. The van der Waals surface area contributed by atoms with Crippen LogP contribution in [0.25, 0.3) is 0 Å². The Morgan fingerprint density at radius 2 is 1.94 bits per heavy atom. The first-order valence-corrected chi connectivity index (χ1v) is 10.8. The molecule has 3 unspecified atom stereocenters. The minimum absolute atomic E-state index is 0.00180. The number of nitrogens with zero attached hydrogens (tertiary/aromatic N) is 3. The molecule has 0 amide bonds. The molecular formula is C26H16BN3O2. The summed E-state index contributed by atoms with van der Waals surface area (Å²) in [5.74, 6) is 2.87. The molecule has 2 aromatic rings. The summed E-state index contributed by atoms with van der Waals surface area (Å²) in [7, 11) is 0. The van der Waals surface area contributed by atoms with Crippen molar-refractivity contribution in [1.82, 2.24) is 0 Å². The number of hydrogen-bond donors (Lipinski definition) is 0. The van der Waals surface area contributed by atoms with Crippen LogP contribution in [0.4, 0.5) is 11.4 Å². The van der Waals surface area contributed by atoms with Gasteiger partial charge in [-0.15, -0.1) is 0 Å². The van der Waals surface area contributed by atoms with Crippen LogP contribution in [0.3, 0.4) is 0 Å². The summed E-state index contributed by atoms with van der Waals surface area (Å²) in [6.07, 6.45) is 11.4. The summed E-state index contributed by atoms with van der Waals surface area (Å²) < 4.78 is 12.9. The smallest absolute Gasteiger partial charge is 0.235 e. The van der Waals surface area contributed by atoms with Crippen LogP contribution < -0.4 is 15.1 Å². The Hall–Kier alpha value is -4.16. The van der Waals surface area contributed by atoms with Crippen molar-refractivity contribution in [3.8, 4) is 17.9 Å². The molecule has 3 atom stereocenters. The Morgan fingerprint density at radius 3 is 2.75 bits per heavy atom. The van der Waals surface area contributed by atoms with Crippen LogP contribution in [0.1, 0.15) is 17.5 Å². The molecule has 0 fully saturated rings. The van der Waals surface area contributed by atoms with Gasteiger partial charge in [-0.05, 0) is 53.4 Å². The third-order valence-corrected chi connectivity index (χ3v) is 7.07. The van der Waals surface area contributed by atoms with E-state index in [4.69, 9.17) is 9.47 Å². The topological polar surface area (TPSA) is 69.3 Å². The van der Waals surface area contributed by atoms with E-state index in [-0.39, 0.29) is 24.7 Å². The van der Waals surface area contributed by atoms with E-state index >= 15 is 0 Å². The molecule has 7 rings (SSSR count). The van der Waals surface area contributed by atoms with Gasteiger partial charge in [0.15, 0.2) is 0 Å². The van der Waals surface area contributed by atoms with Gasteiger partial charge in [-0.3, -0.25) is 0 Å². The van der Waals surface area contributed by atoms with Crippen LogP contribution in [0.2, 0.25) is 5.82 Å². The minimum Gasteiger partial charge on any atom is -0.487 e. The monoisotopic (exact) mass is 413 g/mol. The zero-order chi connectivity index (χ0) is 21.4. The molecule has 3 aliphatic heterocycles.